The molecule has 0 unspecified atom stereocenters. The van der Waals surface area contributed by atoms with E-state index < -0.39 is 11.4 Å². The minimum absolute atomic E-state index is 0.0693. The fourth-order valence-corrected chi connectivity index (χ4v) is 2.65. The zero-order valence-corrected chi connectivity index (χ0v) is 12.9. The molecule has 4 nitrogen and oxygen atoms in total. The number of aliphatic hydroxyl groups excluding tert-OH is 1. The second kappa shape index (κ2) is 5.28. The molecule has 0 spiro atoms. The molecule has 0 aliphatic carbocycles. The first-order valence-electron chi connectivity index (χ1n) is 6.17. The number of hydrogen-bond donors (Lipinski definition) is 1. The molecule has 0 aromatic heterocycles. The van der Waals surface area contributed by atoms with Gasteiger partial charge in [0.05, 0.1) is 17.2 Å². The minimum atomic E-state index is -0.939. The first-order valence-corrected chi connectivity index (χ1v) is 6.93. The summed E-state index contributed by atoms with van der Waals surface area (Å²) in [7, 11) is 0. The van der Waals surface area contributed by atoms with E-state index in [-0.39, 0.29) is 11.3 Å². The van der Waals surface area contributed by atoms with Crippen molar-refractivity contribution in [3.8, 4) is 0 Å². The topological polar surface area (TPSA) is 49.8 Å². The van der Waals surface area contributed by atoms with E-state index in [1.165, 1.54) is 11.1 Å². The second-order valence-electron chi connectivity index (χ2n) is 4.92. The third-order valence-corrected chi connectivity index (χ3v) is 3.73. The Hall–Kier alpha value is -1.23. The molecular weight excluding hydrogens is 301 g/mol. The van der Waals surface area contributed by atoms with Crippen molar-refractivity contribution in [2.45, 2.75) is 26.3 Å². The van der Waals surface area contributed by atoms with Gasteiger partial charge >= 0.3 is 0 Å². The average Bonchev–Trinajstić information content (AvgIpc) is 2.52. The van der Waals surface area contributed by atoms with Gasteiger partial charge in [0.1, 0.15) is 11.3 Å². The second-order valence-corrected chi connectivity index (χ2v) is 5.77. The number of hydroxylamine groups is 2. The summed E-state index contributed by atoms with van der Waals surface area (Å²) < 4.78 is 0. The molecule has 6 heteroatoms. The highest BCUT2D eigenvalue weighted by Gasteiger charge is 2.47. The summed E-state index contributed by atoms with van der Waals surface area (Å²) in [5.41, 5.74) is -0.357. The molecule has 2 rings (SSSR count). The normalized spacial score (nSPS) is 18.1. The molecular formula is C14H15Cl2NO3. The zero-order chi connectivity index (χ0) is 15.1. The number of rotatable bonds is 3. The first kappa shape index (κ1) is 15.2. The van der Waals surface area contributed by atoms with Crippen molar-refractivity contribution in [1.29, 1.82) is 0 Å². The van der Waals surface area contributed by atoms with E-state index in [4.69, 9.17) is 28.0 Å². The Morgan fingerprint density at radius 1 is 1.35 bits per heavy atom. The van der Waals surface area contributed by atoms with Crippen LogP contribution in [0.4, 0.5) is 0 Å². The van der Waals surface area contributed by atoms with Gasteiger partial charge in [0.25, 0.3) is 5.91 Å². The van der Waals surface area contributed by atoms with Gasteiger partial charge in [-0.3, -0.25) is 9.63 Å². The lowest BCUT2D eigenvalue weighted by Crippen LogP contribution is -2.43. The van der Waals surface area contributed by atoms with Crippen LogP contribution in [0.3, 0.4) is 0 Å². The number of carbonyl (C=O) groups excluding carboxylic acids is 1. The maximum Gasteiger partial charge on any atom is 0.282 e. The molecule has 1 aromatic carbocycles. The minimum Gasteiger partial charge on any atom is -0.509 e. The fourth-order valence-electron chi connectivity index (χ4n) is 2.14. The van der Waals surface area contributed by atoms with E-state index in [2.05, 4.69) is 0 Å². The Balaban J connectivity index is 2.56. The lowest BCUT2D eigenvalue weighted by atomic mass is 9.99. The number of amides is 1. The maximum atomic E-state index is 12.5. The third kappa shape index (κ3) is 2.28. The molecule has 1 heterocycles. The Bertz CT molecular complexity index is 596. The Kier molecular flexibility index (Phi) is 4.00. The predicted octanol–water partition coefficient (Wildman–Crippen LogP) is 3.83. The number of hydrogen-bond acceptors (Lipinski definition) is 3. The van der Waals surface area contributed by atoms with E-state index >= 15 is 0 Å². The standard InChI is InChI=1S/C14H15Cl2NO3/c1-4-20-17-13(19)11(12(18)14(17,2)3)9-6-5-8(15)7-10(9)16/h5-7,18H,4H2,1-3H3. The molecule has 20 heavy (non-hydrogen) atoms. The van der Waals surface area contributed by atoms with Gasteiger partial charge in [0.2, 0.25) is 0 Å². The molecule has 1 N–H and O–H groups in total. The van der Waals surface area contributed by atoms with E-state index in [1.54, 1.807) is 32.9 Å². The maximum absolute atomic E-state index is 12.5. The number of nitrogens with zero attached hydrogens (tertiary/aromatic N) is 1. The van der Waals surface area contributed by atoms with Gasteiger partial charge < -0.3 is 5.11 Å². The summed E-state index contributed by atoms with van der Waals surface area (Å²) in [6.45, 7) is 5.50. The molecule has 0 fully saturated rings. The van der Waals surface area contributed by atoms with Crippen LogP contribution in [-0.2, 0) is 9.63 Å². The lowest BCUT2D eigenvalue weighted by Gasteiger charge is -2.30. The van der Waals surface area contributed by atoms with Gasteiger partial charge in [-0.2, -0.15) is 0 Å². The monoisotopic (exact) mass is 315 g/mol. The number of carbonyl (C=O) groups is 1. The van der Waals surface area contributed by atoms with Gasteiger partial charge in [0, 0.05) is 10.6 Å². The van der Waals surface area contributed by atoms with Gasteiger partial charge in [-0.25, -0.2) is 5.06 Å². The van der Waals surface area contributed by atoms with Gasteiger partial charge in [0.15, 0.2) is 0 Å². The van der Waals surface area contributed by atoms with E-state index in [9.17, 15) is 9.90 Å². The van der Waals surface area contributed by atoms with Crippen molar-refractivity contribution in [2.75, 3.05) is 6.61 Å². The van der Waals surface area contributed by atoms with Crippen LogP contribution in [-0.4, -0.2) is 28.2 Å². The highest BCUT2D eigenvalue weighted by Crippen LogP contribution is 2.41. The molecule has 0 saturated heterocycles. The molecule has 0 bridgehead atoms. The molecule has 0 saturated carbocycles. The summed E-state index contributed by atoms with van der Waals surface area (Å²) in [4.78, 5) is 17.8. The summed E-state index contributed by atoms with van der Waals surface area (Å²) in [6, 6.07) is 4.76. The van der Waals surface area contributed by atoms with Gasteiger partial charge in [-0.05, 0) is 32.9 Å². The Labute approximate surface area is 127 Å². The number of benzene rings is 1. The van der Waals surface area contributed by atoms with Crippen molar-refractivity contribution in [3.05, 3.63) is 39.6 Å². The zero-order valence-electron chi connectivity index (χ0n) is 11.4. The smallest absolute Gasteiger partial charge is 0.282 e. The number of halogens is 2. The van der Waals surface area contributed by atoms with E-state index in [0.717, 1.165) is 0 Å². The molecule has 1 aromatic rings. The lowest BCUT2D eigenvalue weighted by molar-refractivity contribution is -0.201. The summed E-state index contributed by atoms with van der Waals surface area (Å²) in [5, 5.41) is 12.3. The highest BCUT2D eigenvalue weighted by atomic mass is 35.5. The van der Waals surface area contributed by atoms with Crippen LogP contribution in [0.25, 0.3) is 5.57 Å². The van der Waals surface area contributed by atoms with Crippen LogP contribution < -0.4 is 0 Å². The molecule has 1 amide bonds. The summed E-state index contributed by atoms with van der Waals surface area (Å²) in [6.07, 6.45) is 0. The van der Waals surface area contributed by atoms with Crippen LogP contribution in [0.15, 0.2) is 24.0 Å². The van der Waals surface area contributed by atoms with Crippen molar-refractivity contribution in [3.63, 3.8) is 0 Å². The number of aliphatic hydroxyl groups is 1. The van der Waals surface area contributed by atoms with Gasteiger partial charge in [-0.1, -0.05) is 29.3 Å². The van der Waals surface area contributed by atoms with Crippen molar-refractivity contribution >= 4 is 34.7 Å². The van der Waals surface area contributed by atoms with E-state index in [1.807, 2.05) is 0 Å². The van der Waals surface area contributed by atoms with Crippen LogP contribution in [0.1, 0.15) is 26.3 Å². The van der Waals surface area contributed by atoms with Gasteiger partial charge in [-0.15, -0.1) is 0 Å². The first-order chi connectivity index (χ1) is 9.30. The van der Waals surface area contributed by atoms with Crippen LogP contribution in [0.2, 0.25) is 10.0 Å². The third-order valence-electron chi connectivity index (χ3n) is 3.18. The molecule has 0 radical (unpaired) electrons. The fraction of sp³-hybridized carbons (Fsp3) is 0.357. The summed E-state index contributed by atoms with van der Waals surface area (Å²) in [5.74, 6) is -0.487. The quantitative estimate of drug-likeness (QED) is 0.922. The molecule has 1 aliphatic heterocycles. The van der Waals surface area contributed by atoms with Crippen molar-refractivity contribution in [2.24, 2.45) is 0 Å². The Morgan fingerprint density at radius 2 is 2.00 bits per heavy atom. The van der Waals surface area contributed by atoms with Crippen LogP contribution >= 0.6 is 23.2 Å². The van der Waals surface area contributed by atoms with E-state index in [0.29, 0.717) is 22.2 Å². The van der Waals surface area contributed by atoms with Crippen LogP contribution in [0, 0.1) is 0 Å². The highest BCUT2D eigenvalue weighted by molar-refractivity contribution is 6.37. The molecule has 108 valence electrons. The molecule has 1 aliphatic rings. The predicted molar refractivity (Wildman–Crippen MR) is 78.6 cm³/mol. The van der Waals surface area contributed by atoms with Crippen molar-refractivity contribution in [1.82, 2.24) is 5.06 Å². The van der Waals surface area contributed by atoms with Crippen LogP contribution in [0.5, 0.6) is 0 Å². The molecule has 0 atom stereocenters. The average molecular weight is 316 g/mol. The SMILES string of the molecule is CCON1C(=O)C(c2ccc(Cl)cc2Cl)=C(O)C1(C)C. The Morgan fingerprint density at radius 3 is 2.55 bits per heavy atom. The summed E-state index contributed by atoms with van der Waals surface area (Å²) >= 11 is 12.0. The van der Waals surface area contributed by atoms with Crippen molar-refractivity contribution < 1.29 is 14.7 Å². The largest absolute Gasteiger partial charge is 0.509 e.